The van der Waals surface area contributed by atoms with Crippen LogP contribution in [0, 0.1) is 5.92 Å². The van der Waals surface area contributed by atoms with Gasteiger partial charge in [-0.25, -0.2) is 9.56 Å². The summed E-state index contributed by atoms with van der Waals surface area (Å²) >= 11 is 4.73. The number of nitrogens with zero attached hydrogens (tertiary/aromatic N) is 2. The van der Waals surface area contributed by atoms with Crippen molar-refractivity contribution in [2.75, 3.05) is 0 Å². The summed E-state index contributed by atoms with van der Waals surface area (Å²) in [5, 5.41) is 0. The fourth-order valence-electron chi connectivity index (χ4n) is 2.43. The zero-order valence-electron chi connectivity index (χ0n) is 12.2. The molecule has 1 aliphatic heterocycles. The van der Waals surface area contributed by atoms with Gasteiger partial charge in [-0.3, -0.25) is 9.59 Å². The highest BCUT2D eigenvalue weighted by Crippen LogP contribution is 2.16. The Labute approximate surface area is 140 Å². The molecule has 0 aliphatic carbocycles. The first kappa shape index (κ1) is 15.4. The van der Waals surface area contributed by atoms with E-state index in [1.54, 1.807) is 6.08 Å². The van der Waals surface area contributed by atoms with Crippen LogP contribution < -0.4 is 14.9 Å². The first-order valence-electron chi connectivity index (χ1n) is 7.07. The molecule has 22 heavy (non-hydrogen) atoms. The average Bonchev–Trinajstić information content (AvgIpc) is 2.91. The zero-order valence-corrected chi connectivity index (χ0v) is 14.6. The first-order valence-corrected chi connectivity index (χ1v) is 8.68. The summed E-state index contributed by atoms with van der Waals surface area (Å²) < 4.78 is 2.66. The molecular weight excluding hydrogens is 364 g/mol. The Kier molecular flexibility index (Phi) is 4.14. The van der Waals surface area contributed by atoms with Crippen LogP contribution in [-0.2, 0) is 0 Å². The summed E-state index contributed by atoms with van der Waals surface area (Å²) in [5.74, 6) is 0.172. The molecular formula is C16H15BrN2O2S. The molecule has 0 saturated heterocycles. The van der Waals surface area contributed by atoms with Crippen LogP contribution in [0.5, 0.6) is 0 Å². The lowest BCUT2D eigenvalue weighted by atomic mass is 10.0. The molecule has 0 spiro atoms. The lowest BCUT2D eigenvalue weighted by Crippen LogP contribution is -2.36. The predicted octanol–water partition coefficient (Wildman–Crippen LogP) is 2.19. The Morgan fingerprint density at radius 2 is 2.09 bits per heavy atom. The smallest absolute Gasteiger partial charge is 0.271 e. The Balaban J connectivity index is 2.10. The van der Waals surface area contributed by atoms with E-state index in [4.69, 9.17) is 0 Å². The van der Waals surface area contributed by atoms with Gasteiger partial charge in [0.05, 0.1) is 4.53 Å². The molecule has 1 aliphatic rings. The SMILES string of the molecule is CC(C)C[C@@H]1N=c2s/c(=C/c3ccccc3Br)c(=O)n2C1=O. The molecule has 1 aromatic carbocycles. The molecule has 4 nitrogen and oxygen atoms in total. The van der Waals surface area contributed by atoms with Crippen LogP contribution in [0.2, 0.25) is 0 Å². The van der Waals surface area contributed by atoms with Gasteiger partial charge in [0, 0.05) is 4.47 Å². The van der Waals surface area contributed by atoms with Gasteiger partial charge in [-0.2, -0.15) is 0 Å². The molecule has 3 rings (SSSR count). The standard InChI is InChI=1S/C16H15BrN2O2S/c1-9(2)7-12-14(20)19-15(21)13(22-16(19)18-12)8-10-5-3-4-6-11(10)17/h3-6,8-9,12H,7H2,1-2H3/b13-8+/t12-/m0/s1. The number of carbonyl (C=O) groups excluding carboxylic acids is 1. The second kappa shape index (κ2) is 5.93. The second-order valence-corrected chi connectivity index (χ2v) is 7.53. The van der Waals surface area contributed by atoms with E-state index in [1.165, 1.54) is 15.9 Å². The van der Waals surface area contributed by atoms with E-state index in [2.05, 4.69) is 20.9 Å². The number of carbonyl (C=O) groups is 1. The van der Waals surface area contributed by atoms with Crippen molar-refractivity contribution in [3.05, 3.63) is 54.0 Å². The minimum absolute atomic E-state index is 0.197. The van der Waals surface area contributed by atoms with Crippen LogP contribution >= 0.6 is 27.3 Å². The normalized spacial score (nSPS) is 17.9. The monoisotopic (exact) mass is 378 g/mol. The molecule has 0 amide bonds. The highest BCUT2D eigenvalue weighted by atomic mass is 79.9. The number of thiazole rings is 1. The van der Waals surface area contributed by atoms with Gasteiger partial charge in [-0.1, -0.05) is 59.3 Å². The minimum atomic E-state index is -0.406. The fraction of sp³-hybridized carbons (Fsp3) is 0.312. The van der Waals surface area contributed by atoms with Crippen molar-refractivity contribution in [3.63, 3.8) is 0 Å². The summed E-state index contributed by atoms with van der Waals surface area (Å²) in [6.45, 7) is 4.09. The number of benzene rings is 1. The molecule has 0 fully saturated rings. The second-order valence-electron chi connectivity index (χ2n) is 5.67. The van der Waals surface area contributed by atoms with E-state index in [-0.39, 0.29) is 11.5 Å². The molecule has 2 aromatic rings. The third-order valence-corrected chi connectivity index (χ3v) is 5.17. The van der Waals surface area contributed by atoms with Gasteiger partial charge < -0.3 is 0 Å². The van der Waals surface area contributed by atoms with E-state index in [1.807, 2.05) is 38.1 Å². The van der Waals surface area contributed by atoms with Crippen LogP contribution in [0.4, 0.5) is 0 Å². The summed E-state index contributed by atoms with van der Waals surface area (Å²) in [7, 11) is 0. The lowest BCUT2D eigenvalue weighted by molar-refractivity contribution is 0.0883. The molecule has 6 heteroatoms. The molecule has 0 N–H and O–H groups in total. The number of rotatable bonds is 3. The van der Waals surface area contributed by atoms with Crippen LogP contribution in [0.15, 0.2) is 38.5 Å². The van der Waals surface area contributed by atoms with Crippen LogP contribution in [0.1, 0.15) is 30.6 Å². The average molecular weight is 379 g/mol. The highest BCUT2D eigenvalue weighted by Gasteiger charge is 2.29. The Bertz CT molecular complexity index is 911. The van der Waals surface area contributed by atoms with Crippen molar-refractivity contribution in [2.45, 2.75) is 26.3 Å². The highest BCUT2D eigenvalue weighted by molar-refractivity contribution is 9.10. The van der Waals surface area contributed by atoms with E-state index in [0.29, 0.717) is 21.7 Å². The van der Waals surface area contributed by atoms with Gasteiger partial charge in [0.15, 0.2) is 4.80 Å². The van der Waals surface area contributed by atoms with Gasteiger partial charge >= 0.3 is 0 Å². The number of fused-ring (bicyclic) bond motifs is 1. The Morgan fingerprint density at radius 3 is 2.73 bits per heavy atom. The molecule has 0 radical (unpaired) electrons. The van der Waals surface area contributed by atoms with Crippen LogP contribution in [0.3, 0.4) is 0 Å². The Morgan fingerprint density at radius 1 is 1.36 bits per heavy atom. The third-order valence-electron chi connectivity index (χ3n) is 3.46. The molecule has 114 valence electrons. The maximum atomic E-state index is 12.5. The topological polar surface area (TPSA) is 51.4 Å². The summed E-state index contributed by atoms with van der Waals surface area (Å²) in [6.07, 6.45) is 2.47. The van der Waals surface area contributed by atoms with Crippen molar-refractivity contribution in [3.8, 4) is 0 Å². The maximum absolute atomic E-state index is 12.5. The van der Waals surface area contributed by atoms with E-state index < -0.39 is 6.04 Å². The Hall–Kier alpha value is -1.53. The van der Waals surface area contributed by atoms with Crippen molar-refractivity contribution in [1.82, 2.24) is 4.57 Å². The first-order chi connectivity index (χ1) is 10.5. The molecule has 2 heterocycles. The lowest BCUT2D eigenvalue weighted by Gasteiger charge is -2.07. The zero-order chi connectivity index (χ0) is 15.9. The van der Waals surface area contributed by atoms with Gasteiger partial charge in [0.25, 0.3) is 11.5 Å². The summed E-state index contributed by atoms with van der Waals surface area (Å²) in [5.41, 5.74) is 0.641. The largest absolute Gasteiger partial charge is 0.277 e. The van der Waals surface area contributed by atoms with E-state index >= 15 is 0 Å². The number of hydrogen-bond acceptors (Lipinski definition) is 4. The van der Waals surface area contributed by atoms with Crippen LogP contribution in [-0.4, -0.2) is 16.5 Å². The minimum Gasteiger partial charge on any atom is -0.271 e. The van der Waals surface area contributed by atoms with Gasteiger partial charge in [0.2, 0.25) is 0 Å². The van der Waals surface area contributed by atoms with Gasteiger partial charge in [-0.15, -0.1) is 0 Å². The number of hydrogen-bond donors (Lipinski definition) is 0. The van der Waals surface area contributed by atoms with Crippen molar-refractivity contribution in [2.24, 2.45) is 10.9 Å². The quantitative estimate of drug-likeness (QED) is 0.821. The number of aromatic nitrogens is 1. The molecule has 1 aromatic heterocycles. The van der Waals surface area contributed by atoms with Crippen molar-refractivity contribution >= 4 is 39.2 Å². The third kappa shape index (κ3) is 2.73. The number of halogens is 1. The molecule has 0 bridgehead atoms. The van der Waals surface area contributed by atoms with Crippen molar-refractivity contribution < 1.29 is 4.79 Å². The fourth-order valence-corrected chi connectivity index (χ4v) is 3.83. The molecule has 0 saturated carbocycles. The molecule has 0 unspecified atom stereocenters. The maximum Gasteiger partial charge on any atom is 0.277 e. The summed E-state index contributed by atoms with van der Waals surface area (Å²) in [4.78, 5) is 29.7. The van der Waals surface area contributed by atoms with Gasteiger partial charge in [-0.05, 0) is 30.0 Å². The molecule has 1 atom stereocenters. The van der Waals surface area contributed by atoms with Crippen LogP contribution in [0.25, 0.3) is 6.08 Å². The van der Waals surface area contributed by atoms with Crippen molar-refractivity contribution in [1.29, 1.82) is 0 Å². The van der Waals surface area contributed by atoms with E-state index in [0.717, 1.165) is 10.0 Å². The predicted molar refractivity (Wildman–Crippen MR) is 90.9 cm³/mol. The van der Waals surface area contributed by atoms with E-state index in [9.17, 15) is 9.59 Å². The summed E-state index contributed by atoms with van der Waals surface area (Å²) in [6, 6.07) is 7.25. The van der Waals surface area contributed by atoms with Gasteiger partial charge in [0.1, 0.15) is 6.04 Å².